The lowest BCUT2D eigenvalue weighted by Gasteiger charge is -2.19. The van der Waals surface area contributed by atoms with Crippen molar-refractivity contribution in [3.8, 4) is 0 Å². The number of hydrogen-bond donors (Lipinski definition) is 1. The molecule has 0 aliphatic carbocycles. The fourth-order valence-corrected chi connectivity index (χ4v) is 2.06. The summed E-state index contributed by atoms with van der Waals surface area (Å²) >= 11 is 0. The Morgan fingerprint density at radius 3 is 2.07 bits per heavy atom. The molecular formula is C11H17NOS. The van der Waals surface area contributed by atoms with Gasteiger partial charge in [-0.1, -0.05) is 17.7 Å². The zero-order valence-corrected chi connectivity index (χ0v) is 9.94. The van der Waals surface area contributed by atoms with Crippen molar-refractivity contribution in [3.05, 3.63) is 29.8 Å². The molecule has 78 valence electrons. The van der Waals surface area contributed by atoms with Gasteiger partial charge in [0.2, 0.25) is 0 Å². The summed E-state index contributed by atoms with van der Waals surface area (Å²) in [5.74, 6) is 0. The van der Waals surface area contributed by atoms with Crippen molar-refractivity contribution in [2.24, 2.45) is 0 Å². The molecule has 0 amide bonds. The van der Waals surface area contributed by atoms with E-state index in [2.05, 4.69) is 4.72 Å². The molecule has 0 aliphatic rings. The van der Waals surface area contributed by atoms with Gasteiger partial charge in [0.1, 0.15) is 11.0 Å². The third-order valence-corrected chi connectivity index (χ3v) is 3.13. The van der Waals surface area contributed by atoms with Crippen LogP contribution in [0.4, 0.5) is 0 Å². The minimum atomic E-state index is -1.11. The van der Waals surface area contributed by atoms with Gasteiger partial charge in [-0.25, -0.2) is 8.93 Å². The monoisotopic (exact) mass is 211 g/mol. The fraction of sp³-hybridized carbons (Fsp3) is 0.455. The van der Waals surface area contributed by atoms with Crippen molar-refractivity contribution in [2.75, 3.05) is 0 Å². The predicted molar refractivity (Wildman–Crippen MR) is 60.5 cm³/mol. The first-order valence-electron chi connectivity index (χ1n) is 4.65. The van der Waals surface area contributed by atoms with Crippen LogP contribution in [-0.2, 0) is 11.0 Å². The van der Waals surface area contributed by atoms with Crippen LogP contribution in [0.25, 0.3) is 0 Å². The second-order valence-corrected chi connectivity index (χ2v) is 5.65. The highest BCUT2D eigenvalue weighted by Gasteiger charge is 2.14. The number of nitrogens with one attached hydrogen (secondary N) is 1. The van der Waals surface area contributed by atoms with E-state index >= 15 is 0 Å². The van der Waals surface area contributed by atoms with Crippen molar-refractivity contribution in [2.45, 2.75) is 38.1 Å². The van der Waals surface area contributed by atoms with Gasteiger partial charge in [0, 0.05) is 5.54 Å². The second kappa shape index (κ2) is 4.24. The smallest absolute Gasteiger partial charge is 0.125 e. The fourth-order valence-electron chi connectivity index (χ4n) is 0.999. The van der Waals surface area contributed by atoms with Crippen LogP contribution >= 0.6 is 0 Å². The predicted octanol–water partition coefficient (Wildman–Crippen LogP) is 2.41. The highest BCUT2D eigenvalue weighted by atomic mass is 32.2. The lowest BCUT2D eigenvalue weighted by Crippen LogP contribution is -2.37. The van der Waals surface area contributed by atoms with Crippen LogP contribution < -0.4 is 4.72 Å². The molecule has 0 aromatic heterocycles. The minimum absolute atomic E-state index is 0.129. The normalized spacial score (nSPS) is 14.0. The van der Waals surface area contributed by atoms with Crippen molar-refractivity contribution in [1.82, 2.24) is 4.72 Å². The number of benzene rings is 1. The van der Waals surface area contributed by atoms with E-state index in [1.165, 1.54) is 5.56 Å². The molecule has 14 heavy (non-hydrogen) atoms. The van der Waals surface area contributed by atoms with Crippen molar-refractivity contribution < 1.29 is 4.21 Å². The summed E-state index contributed by atoms with van der Waals surface area (Å²) < 4.78 is 14.8. The van der Waals surface area contributed by atoms with Gasteiger partial charge in [-0.2, -0.15) is 0 Å². The van der Waals surface area contributed by atoms with Crippen molar-refractivity contribution in [3.63, 3.8) is 0 Å². The Kier molecular flexibility index (Phi) is 3.45. The van der Waals surface area contributed by atoms with Gasteiger partial charge in [0.25, 0.3) is 0 Å². The zero-order chi connectivity index (χ0) is 10.8. The van der Waals surface area contributed by atoms with E-state index in [1.54, 1.807) is 0 Å². The first-order chi connectivity index (χ1) is 6.38. The third kappa shape index (κ3) is 3.60. The van der Waals surface area contributed by atoms with E-state index in [0.29, 0.717) is 0 Å². The average Bonchev–Trinajstić information content (AvgIpc) is 2.02. The first-order valence-corrected chi connectivity index (χ1v) is 5.80. The van der Waals surface area contributed by atoms with Gasteiger partial charge in [-0.15, -0.1) is 0 Å². The molecule has 1 unspecified atom stereocenters. The number of rotatable bonds is 2. The molecule has 1 rings (SSSR count). The summed E-state index contributed by atoms with van der Waals surface area (Å²) in [5.41, 5.74) is 1.05. The van der Waals surface area contributed by atoms with E-state index in [4.69, 9.17) is 0 Å². The Morgan fingerprint density at radius 1 is 1.14 bits per heavy atom. The Bertz CT molecular complexity index is 324. The molecule has 0 radical (unpaired) electrons. The summed E-state index contributed by atoms with van der Waals surface area (Å²) in [5, 5.41) is 0. The SMILES string of the molecule is Cc1ccc(S(=O)NC(C)(C)C)cc1. The van der Waals surface area contributed by atoms with Crippen molar-refractivity contribution >= 4 is 11.0 Å². The molecule has 0 aliphatic heterocycles. The van der Waals surface area contributed by atoms with Gasteiger partial charge in [-0.3, -0.25) is 0 Å². The molecule has 0 heterocycles. The Morgan fingerprint density at radius 2 is 1.64 bits per heavy atom. The lowest BCUT2D eigenvalue weighted by molar-refractivity contribution is 0.519. The van der Waals surface area contributed by atoms with Gasteiger partial charge in [0.15, 0.2) is 0 Å². The molecule has 3 heteroatoms. The summed E-state index contributed by atoms with van der Waals surface area (Å²) in [6, 6.07) is 7.73. The minimum Gasteiger partial charge on any atom is -0.237 e. The Balaban J connectivity index is 2.76. The molecular weight excluding hydrogens is 194 g/mol. The molecule has 1 aromatic rings. The second-order valence-electron chi connectivity index (χ2n) is 4.43. The molecule has 1 aromatic carbocycles. The third-order valence-electron chi connectivity index (χ3n) is 1.63. The Hall–Kier alpha value is -0.670. The van der Waals surface area contributed by atoms with Crippen LogP contribution in [0, 0.1) is 6.92 Å². The maximum absolute atomic E-state index is 11.8. The molecule has 1 atom stereocenters. The van der Waals surface area contributed by atoms with Gasteiger partial charge in [0.05, 0.1) is 4.90 Å². The molecule has 0 saturated carbocycles. The highest BCUT2D eigenvalue weighted by Crippen LogP contribution is 2.09. The van der Waals surface area contributed by atoms with E-state index in [1.807, 2.05) is 52.0 Å². The largest absolute Gasteiger partial charge is 0.237 e. The van der Waals surface area contributed by atoms with Crippen LogP contribution in [0.3, 0.4) is 0 Å². The van der Waals surface area contributed by atoms with Crippen LogP contribution in [0.15, 0.2) is 29.2 Å². The molecule has 2 nitrogen and oxygen atoms in total. The molecule has 0 bridgehead atoms. The molecule has 1 N–H and O–H groups in total. The highest BCUT2D eigenvalue weighted by molar-refractivity contribution is 7.83. The van der Waals surface area contributed by atoms with E-state index < -0.39 is 11.0 Å². The zero-order valence-electron chi connectivity index (χ0n) is 9.13. The standard InChI is InChI=1S/C11H17NOS/c1-9-5-7-10(8-6-9)14(13)12-11(2,3)4/h5-8,12H,1-4H3. The van der Waals surface area contributed by atoms with Gasteiger partial charge >= 0.3 is 0 Å². The van der Waals surface area contributed by atoms with Gasteiger partial charge < -0.3 is 0 Å². The maximum Gasteiger partial charge on any atom is 0.125 e. The van der Waals surface area contributed by atoms with Crippen molar-refractivity contribution in [1.29, 1.82) is 0 Å². The van der Waals surface area contributed by atoms with Gasteiger partial charge in [-0.05, 0) is 39.8 Å². The lowest BCUT2D eigenvalue weighted by atomic mass is 10.1. The number of aryl methyl sites for hydroxylation is 1. The molecule has 0 spiro atoms. The first kappa shape index (κ1) is 11.4. The maximum atomic E-state index is 11.8. The topological polar surface area (TPSA) is 29.1 Å². The summed E-state index contributed by atoms with van der Waals surface area (Å²) in [4.78, 5) is 0.825. The molecule has 0 saturated heterocycles. The van der Waals surface area contributed by atoms with Crippen LogP contribution in [0.5, 0.6) is 0 Å². The Labute approximate surface area is 88.3 Å². The van der Waals surface area contributed by atoms with E-state index in [0.717, 1.165) is 4.90 Å². The summed E-state index contributed by atoms with van der Waals surface area (Å²) in [6.07, 6.45) is 0. The summed E-state index contributed by atoms with van der Waals surface area (Å²) in [6.45, 7) is 8.02. The quantitative estimate of drug-likeness (QED) is 0.799. The molecule has 0 fully saturated rings. The van der Waals surface area contributed by atoms with E-state index in [9.17, 15) is 4.21 Å². The van der Waals surface area contributed by atoms with Crippen LogP contribution in [0.2, 0.25) is 0 Å². The average molecular weight is 211 g/mol. The number of hydrogen-bond acceptors (Lipinski definition) is 1. The van der Waals surface area contributed by atoms with Crippen LogP contribution in [-0.4, -0.2) is 9.75 Å². The van der Waals surface area contributed by atoms with E-state index in [-0.39, 0.29) is 5.54 Å². The summed E-state index contributed by atoms with van der Waals surface area (Å²) in [7, 11) is -1.11. The van der Waals surface area contributed by atoms with Crippen LogP contribution in [0.1, 0.15) is 26.3 Å².